The highest BCUT2D eigenvalue weighted by molar-refractivity contribution is 5.94. The molecule has 1 aliphatic carbocycles. The van der Waals surface area contributed by atoms with Crippen molar-refractivity contribution in [3.8, 4) is 11.5 Å². The summed E-state index contributed by atoms with van der Waals surface area (Å²) in [6.45, 7) is 1.19. The summed E-state index contributed by atoms with van der Waals surface area (Å²) in [5, 5.41) is 0. The van der Waals surface area contributed by atoms with Crippen LogP contribution >= 0.6 is 0 Å². The smallest absolute Gasteiger partial charge is 0.338 e. The molecule has 0 N–H and O–H groups in total. The molecule has 1 aromatic carbocycles. The number of esters is 1. The molecule has 0 bridgehead atoms. The summed E-state index contributed by atoms with van der Waals surface area (Å²) in [5.74, 6) is 1.04. The molecule has 5 rings (SSSR count). The molecular formula is C18H19NO5. The molecule has 4 aliphatic rings. The summed E-state index contributed by atoms with van der Waals surface area (Å²) in [4.78, 5) is 14.9. The molecule has 0 radical (unpaired) electrons. The second-order valence-electron chi connectivity index (χ2n) is 6.81. The Morgan fingerprint density at radius 3 is 2.83 bits per heavy atom. The van der Waals surface area contributed by atoms with Crippen molar-refractivity contribution in [3.05, 3.63) is 34.9 Å². The van der Waals surface area contributed by atoms with Gasteiger partial charge in [0.1, 0.15) is 12.2 Å². The number of hydrogen-bond donors (Lipinski definition) is 0. The van der Waals surface area contributed by atoms with Crippen LogP contribution in [0.25, 0.3) is 0 Å². The Hall–Kier alpha value is -2.05. The first-order chi connectivity index (χ1) is 11.7. The van der Waals surface area contributed by atoms with Crippen LogP contribution < -0.4 is 9.47 Å². The zero-order valence-electron chi connectivity index (χ0n) is 13.7. The van der Waals surface area contributed by atoms with Crippen molar-refractivity contribution < 1.29 is 23.7 Å². The van der Waals surface area contributed by atoms with Gasteiger partial charge in [0.15, 0.2) is 11.5 Å². The lowest BCUT2D eigenvalue weighted by molar-refractivity contribution is -0.0468. The first-order valence-electron chi connectivity index (χ1n) is 8.25. The van der Waals surface area contributed by atoms with E-state index in [1.54, 1.807) is 13.2 Å². The topological polar surface area (TPSA) is 57.2 Å². The summed E-state index contributed by atoms with van der Waals surface area (Å²) in [6.07, 6.45) is 2.64. The molecule has 0 spiro atoms. The quantitative estimate of drug-likeness (QED) is 0.577. The maximum absolute atomic E-state index is 12.6. The van der Waals surface area contributed by atoms with Gasteiger partial charge < -0.3 is 18.9 Å². The summed E-state index contributed by atoms with van der Waals surface area (Å²) in [7, 11) is 3.79. The predicted octanol–water partition coefficient (Wildman–Crippen LogP) is 1.70. The van der Waals surface area contributed by atoms with Crippen molar-refractivity contribution in [1.82, 2.24) is 4.90 Å². The third-order valence-corrected chi connectivity index (χ3v) is 5.64. The van der Waals surface area contributed by atoms with Gasteiger partial charge in [-0.25, -0.2) is 4.79 Å². The SMILES string of the molecule is CO[C@H]1C=C2CCN(C)[C@@H]2[C@H]2c3cc4c(cc3C(=O)O[C@H]21)OCO4. The first kappa shape index (κ1) is 14.3. The van der Waals surface area contributed by atoms with Gasteiger partial charge in [-0.05, 0) is 31.2 Å². The number of rotatable bonds is 1. The van der Waals surface area contributed by atoms with Gasteiger partial charge in [-0.2, -0.15) is 0 Å². The van der Waals surface area contributed by atoms with Crippen LogP contribution in [0.1, 0.15) is 28.3 Å². The van der Waals surface area contributed by atoms with Gasteiger partial charge in [0, 0.05) is 25.6 Å². The third-order valence-electron chi connectivity index (χ3n) is 5.64. The summed E-state index contributed by atoms with van der Waals surface area (Å²) in [6, 6.07) is 3.94. The van der Waals surface area contributed by atoms with Crippen LogP contribution in [0.5, 0.6) is 11.5 Å². The molecule has 4 atom stereocenters. The van der Waals surface area contributed by atoms with Gasteiger partial charge in [-0.3, -0.25) is 4.90 Å². The van der Waals surface area contributed by atoms with Gasteiger partial charge in [0.25, 0.3) is 0 Å². The predicted molar refractivity (Wildman–Crippen MR) is 84.4 cm³/mol. The number of hydrogen-bond acceptors (Lipinski definition) is 6. The summed E-state index contributed by atoms with van der Waals surface area (Å²) < 4.78 is 22.4. The minimum Gasteiger partial charge on any atom is -0.455 e. The molecule has 0 saturated carbocycles. The fourth-order valence-electron chi connectivity index (χ4n) is 4.54. The zero-order valence-corrected chi connectivity index (χ0v) is 13.7. The van der Waals surface area contributed by atoms with E-state index in [0.29, 0.717) is 17.1 Å². The van der Waals surface area contributed by atoms with E-state index in [0.717, 1.165) is 18.5 Å². The van der Waals surface area contributed by atoms with Gasteiger partial charge in [0.2, 0.25) is 6.79 Å². The average molecular weight is 329 g/mol. The molecule has 3 heterocycles. The van der Waals surface area contributed by atoms with Crippen molar-refractivity contribution in [3.63, 3.8) is 0 Å². The maximum Gasteiger partial charge on any atom is 0.338 e. The lowest BCUT2D eigenvalue weighted by atomic mass is 9.73. The molecule has 1 saturated heterocycles. The number of carbonyl (C=O) groups excluding carboxylic acids is 1. The van der Waals surface area contributed by atoms with E-state index in [4.69, 9.17) is 18.9 Å². The lowest BCUT2D eigenvalue weighted by Crippen LogP contribution is -2.51. The molecule has 0 unspecified atom stereocenters. The van der Waals surface area contributed by atoms with Crippen LogP contribution in [-0.4, -0.2) is 56.6 Å². The lowest BCUT2D eigenvalue weighted by Gasteiger charge is -2.44. The second-order valence-corrected chi connectivity index (χ2v) is 6.81. The van der Waals surface area contributed by atoms with Crippen LogP contribution in [0.3, 0.4) is 0 Å². The number of likely N-dealkylation sites (N-methyl/N-ethyl adjacent to an activating group) is 1. The number of ether oxygens (including phenoxy) is 4. The Kier molecular flexibility index (Phi) is 2.96. The van der Waals surface area contributed by atoms with E-state index in [1.807, 2.05) is 6.07 Å². The third kappa shape index (κ3) is 1.81. The molecule has 6 heteroatoms. The Morgan fingerprint density at radius 1 is 1.25 bits per heavy atom. The number of likely N-dealkylation sites (tertiary alicyclic amines) is 1. The van der Waals surface area contributed by atoms with Gasteiger partial charge in [-0.15, -0.1) is 0 Å². The summed E-state index contributed by atoms with van der Waals surface area (Å²) in [5.41, 5.74) is 2.93. The second kappa shape index (κ2) is 4.97. The van der Waals surface area contributed by atoms with Crippen molar-refractivity contribution in [2.75, 3.05) is 27.5 Å². The molecule has 1 fully saturated rings. The molecule has 1 aromatic rings. The Balaban J connectivity index is 1.70. The monoisotopic (exact) mass is 329 g/mol. The highest BCUT2D eigenvalue weighted by Gasteiger charge is 2.51. The fraction of sp³-hybridized carbons (Fsp3) is 0.500. The van der Waals surface area contributed by atoms with Crippen LogP contribution in [-0.2, 0) is 9.47 Å². The number of nitrogens with zero attached hydrogens (tertiary/aromatic N) is 1. The average Bonchev–Trinajstić information content (AvgIpc) is 3.19. The van der Waals surface area contributed by atoms with Crippen LogP contribution in [0.2, 0.25) is 0 Å². The van der Waals surface area contributed by atoms with Crippen molar-refractivity contribution in [2.24, 2.45) is 0 Å². The molecule has 3 aliphatic heterocycles. The van der Waals surface area contributed by atoms with Crippen LogP contribution in [0, 0.1) is 0 Å². The standard InChI is InChI=1S/C18H19NO5/c1-19-4-3-9-5-14(21-2)17-15(16(9)19)10-6-12-13(23-8-22-12)7-11(10)18(20)24-17/h5-7,14-17H,3-4,8H2,1-2H3/t14-,15+,16-,17-/m0/s1. The molecule has 126 valence electrons. The Bertz CT molecular complexity index is 758. The van der Waals surface area contributed by atoms with E-state index in [1.165, 1.54) is 5.57 Å². The van der Waals surface area contributed by atoms with Gasteiger partial charge >= 0.3 is 5.97 Å². The van der Waals surface area contributed by atoms with Crippen molar-refractivity contribution in [2.45, 2.75) is 30.6 Å². The largest absolute Gasteiger partial charge is 0.455 e. The van der Waals surface area contributed by atoms with Gasteiger partial charge in [-0.1, -0.05) is 11.6 Å². The Labute approximate surface area is 139 Å². The number of benzene rings is 1. The van der Waals surface area contributed by atoms with Gasteiger partial charge in [0.05, 0.1) is 5.56 Å². The molecule has 0 aromatic heterocycles. The fourth-order valence-corrected chi connectivity index (χ4v) is 4.54. The van der Waals surface area contributed by atoms with E-state index in [9.17, 15) is 4.79 Å². The maximum atomic E-state index is 12.6. The van der Waals surface area contributed by atoms with Crippen LogP contribution in [0.15, 0.2) is 23.8 Å². The normalized spacial score (nSPS) is 33.4. The molecule has 24 heavy (non-hydrogen) atoms. The highest BCUT2D eigenvalue weighted by Crippen LogP contribution is 2.49. The number of carbonyl (C=O) groups is 1. The molecule has 0 amide bonds. The Morgan fingerprint density at radius 2 is 2.04 bits per heavy atom. The minimum atomic E-state index is -0.316. The first-order valence-corrected chi connectivity index (χ1v) is 8.25. The number of methoxy groups -OCH3 is 1. The summed E-state index contributed by atoms with van der Waals surface area (Å²) >= 11 is 0. The minimum absolute atomic E-state index is 0.0460. The van der Waals surface area contributed by atoms with E-state index in [2.05, 4.69) is 18.0 Å². The molecular weight excluding hydrogens is 310 g/mol. The van der Waals surface area contributed by atoms with E-state index >= 15 is 0 Å². The van der Waals surface area contributed by atoms with Crippen molar-refractivity contribution in [1.29, 1.82) is 0 Å². The van der Waals surface area contributed by atoms with Crippen LogP contribution in [0.4, 0.5) is 0 Å². The van der Waals surface area contributed by atoms with E-state index in [-0.39, 0.29) is 36.9 Å². The molecule has 6 nitrogen and oxygen atoms in total. The zero-order chi connectivity index (χ0) is 16.4. The highest BCUT2D eigenvalue weighted by atomic mass is 16.7. The van der Waals surface area contributed by atoms with E-state index < -0.39 is 0 Å². The number of fused-ring (bicyclic) bond motifs is 6. The van der Waals surface area contributed by atoms with Crippen molar-refractivity contribution >= 4 is 5.97 Å².